The number of hydrogen-bond donors (Lipinski definition) is 1. The average molecular weight is 207 g/mol. The number of nitrogens with one attached hydrogen (secondary N) is 1. The van der Waals surface area contributed by atoms with E-state index in [-0.39, 0.29) is 0 Å². The van der Waals surface area contributed by atoms with Crippen molar-refractivity contribution in [2.75, 3.05) is 0 Å². The smallest absolute Gasteiger partial charge is 0.0897 e. The molecule has 74 valence electrons. The Kier molecular flexibility index (Phi) is 4.69. The first kappa shape index (κ1) is 10.7. The Morgan fingerprint density at radius 2 is 2.57 bits per heavy atom. The third kappa shape index (κ3) is 4.03. The van der Waals surface area contributed by atoms with E-state index >= 15 is 0 Å². The topological polar surface area (TPSA) is 37.3 Å². The molecule has 3 nitrogen and oxygen atoms in total. The van der Waals surface area contributed by atoms with Gasteiger partial charge in [0.15, 0.2) is 0 Å². The number of nitrogens with zero attached hydrogens (tertiary/aromatic N) is 2. The van der Waals surface area contributed by atoms with E-state index in [1.807, 2.05) is 26.1 Å². The van der Waals surface area contributed by atoms with E-state index in [2.05, 4.69) is 21.0 Å². The summed E-state index contributed by atoms with van der Waals surface area (Å²) in [4.78, 5) is 9.50. The lowest BCUT2D eigenvalue weighted by atomic mass is 10.6. The fourth-order valence-corrected chi connectivity index (χ4v) is 1.56. The van der Waals surface area contributed by atoms with E-state index in [0.29, 0.717) is 6.54 Å². The van der Waals surface area contributed by atoms with Gasteiger partial charge in [0, 0.05) is 17.3 Å². The molecule has 1 heterocycles. The number of thiazole rings is 1. The van der Waals surface area contributed by atoms with Gasteiger partial charge in [-0.3, -0.25) is 4.99 Å². The van der Waals surface area contributed by atoms with Crippen LogP contribution in [0.25, 0.3) is 0 Å². The molecule has 0 spiro atoms. The number of aryl methyl sites for hydroxylation is 1. The van der Waals surface area contributed by atoms with Crippen LogP contribution < -0.4 is 5.32 Å². The Balaban J connectivity index is 2.30. The molecule has 0 bridgehead atoms. The van der Waals surface area contributed by atoms with Gasteiger partial charge in [0.25, 0.3) is 0 Å². The van der Waals surface area contributed by atoms with Crippen LogP contribution in [-0.4, -0.2) is 11.3 Å². The highest BCUT2D eigenvalue weighted by atomic mass is 32.1. The molecule has 0 aromatic carbocycles. The highest BCUT2D eigenvalue weighted by molar-refractivity contribution is 7.11. The summed E-state index contributed by atoms with van der Waals surface area (Å²) in [5.74, 6) is 0. The maximum atomic E-state index is 4.18. The molecule has 1 N–H and O–H groups in total. The van der Waals surface area contributed by atoms with Crippen molar-refractivity contribution in [1.29, 1.82) is 0 Å². The zero-order chi connectivity index (χ0) is 10.2. The van der Waals surface area contributed by atoms with Crippen LogP contribution in [-0.2, 0) is 6.54 Å². The van der Waals surface area contributed by atoms with Gasteiger partial charge in [0.2, 0.25) is 0 Å². The lowest BCUT2D eigenvalue weighted by Gasteiger charge is -1.87. The first-order valence-corrected chi connectivity index (χ1v) is 5.16. The third-order valence-corrected chi connectivity index (χ3v) is 2.31. The summed E-state index contributed by atoms with van der Waals surface area (Å²) in [7, 11) is 0. The number of aliphatic imine (C=N–C) groups is 1. The lowest BCUT2D eigenvalue weighted by molar-refractivity contribution is 1.08. The molecule has 0 saturated heterocycles. The fraction of sp³-hybridized carbons (Fsp3) is 0.300. The molecule has 0 aliphatic rings. The number of hydrogen-bond acceptors (Lipinski definition) is 3. The van der Waals surface area contributed by atoms with Gasteiger partial charge in [-0.05, 0) is 19.9 Å². The van der Waals surface area contributed by atoms with E-state index in [4.69, 9.17) is 0 Å². The molecule has 0 saturated carbocycles. The maximum Gasteiger partial charge on any atom is 0.0897 e. The van der Waals surface area contributed by atoms with Crippen molar-refractivity contribution in [3.8, 4) is 0 Å². The van der Waals surface area contributed by atoms with Gasteiger partial charge >= 0.3 is 0 Å². The number of rotatable bonds is 4. The molecule has 0 aliphatic carbocycles. The van der Waals surface area contributed by atoms with Gasteiger partial charge in [-0.15, -0.1) is 17.1 Å². The van der Waals surface area contributed by atoms with Crippen molar-refractivity contribution >= 4 is 17.7 Å². The first-order chi connectivity index (χ1) is 6.83. The van der Waals surface area contributed by atoms with Crippen LogP contribution in [0, 0.1) is 6.92 Å². The van der Waals surface area contributed by atoms with E-state index in [1.54, 1.807) is 23.9 Å². The standard InChI is InChI=1S/C10H13N3S/c1-3-4-5-11-8-12-6-10-7-13-9(2)14-10/h3,5,7-8H,6H2,1-2H3,(H,11,12). The van der Waals surface area contributed by atoms with Crippen molar-refractivity contribution in [3.63, 3.8) is 0 Å². The predicted molar refractivity (Wildman–Crippen MR) is 60.5 cm³/mol. The van der Waals surface area contributed by atoms with Crippen molar-refractivity contribution in [1.82, 2.24) is 10.3 Å². The quantitative estimate of drug-likeness (QED) is 0.467. The molecule has 1 aromatic rings. The summed E-state index contributed by atoms with van der Waals surface area (Å²) < 4.78 is 0. The first-order valence-electron chi connectivity index (χ1n) is 4.34. The highest BCUT2D eigenvalue weighted by Crippen LogP contribution is 2.11. The van der Waals surface area contributed by atoms with Crippen LogP contribution in [0.1, 0.15) is 16.8 Å². The van der Waals surface area contributed by atoms with Crippen molar-refractivity contribution in [2.24, 2.45) is 4.99 Å². The fourth-order valence-electron chi connectivity index (χ4n) is 0.835. The van der Waals surface area contributed by atoms with Crippen LogP contribution in [0.2, 0.25) is 0 Å². The SMILES string of the molecule is CC=C=CNC=NCc1cnc(C)s1. The Bertz CT molecular complexity index is 359. The summed E-state index contributed by atoms with van der Waals surface area (Å²) in [5, 5.41) is 3.97. The zero-order valence-corrected chi connectivity index (χ0v) is 9.14. The second kappa shape index (κ2) is 6.13. The molecule has 1 rings (SSSR count). The normalized spacial score (nSPS) is 9.86. The summed E-state index contributed by atoms with van der Waals surface area (Å²) in [6.07, 6.45) is 7.06. The monoisotopic (exact) mass is 207 g/mol. The van der Waals surface area contributed by atoms with Gasteiger partial charge in [0.05, 0.1) is 17.9 Å². The van der Waals surface area contributed by atoms with Crippen LogP contribution in [0.4, 0.5) is 0 Å². The number of allylic oxidation sites excluding steroid dienone is 1. The molecule has 0 radical (unpaired) electrons. The summed E-state index contributed by atoms with van der Waals surface area (Å²) in [6, 6.07) is 0. The average Bonchev–Trinajstić information content (AvgIpc) is 2.58. The maximum absolute atomic E-state index is 4.18. The molecule has 0 aliphatic heterocycles. The Morgan fingerprint density at radius 1 is 1.71 bits per heavy atom. The molecule has 0 unspecified atom stereocenters. The summed E-state index contributed by atoms with van der Waals surface area (Å²) >= 11 is 1.67. The van der Waals surface area contributed by atoms with Crippen LogP contribution >= 0.6 is 11.3 Å². The minimum Gasteiger partial charge on any atom is -0.346 e. The van der Waals surface area contributed by atoms with Crippen LogP contribution in [0.3, 0.4) is 0 Å². The predicted octanol–water partition coefficient (Wildman–Crippen LogP) is 2.26. The van der Waals surface area contributed by atoms with Gasteiger partial charge in [-0.2, -0.15) is 0 Å². The van der Waals surface area contributed by atoms with Crippen molar-refractivity contribution in [3.05, 3.63) is 34.1 Å². The van der Waals surface area contributed by atoms with Crippen LogP contribution in [0.15, 0.2) is 29.2 Å². The minimum atomic E-state index is 0.683. The molecule has 1 aromatic heterocycles. The van der Waals surface area contributed by atoms with Crippen molar-refractivity contribution in [2.45, 2.75) is 20.4 Å². The molecular formula is C10H13N3S. The molecule has 14 heavy (non-hydrogen) atoms. The number of aromatic nitrogens is 1. The second-order valence-corrected chi connectivity index (χ2v) is 3.90. The highest BCUT2D eigenvalue weighted by Gasteiger charge is 1.94. The lowest BCUT2D eigenvalue weighted by Crippen LogP contribution is -1.99. The van der Waals surface area contributed by atoms with E-state index < -0.39 is 0 Å². The molecule has 0 amide bonds. The van der Waals surface area contributed by atoms with Gasteiger partial charge in [-0.25, -0.2) is 4.98 Å². The Labute approximate surface area is 87.9 Å². The van der Waals surface area contributed by atoms with Crippen LogP contribution in [0.5, 0.6) is 0 Å². The molecular weight excluding hydrogens is 194 g/mol. The minimum absolute atomic E-state index is 0.683. The van der Waals surface area contributed by atoms with Crippen molar-refractivity contribution < 1.29 is 0 Å². The van der Waals surface area contributed by atoms with Gasteiger partial charge < -0.3 is 5.32 Å². The van der Waals surface area contributed by atoms with E-state index in [9.17, 15) is 0 Å². The molecule has 0 atom stereocenters. The van der Waals surface area contributed by atoms with E-state index in [1.165, 1.54) is 4.88 Å². The molecule has 0 fully saturated rings. The van der Waals surface area contributed by atoms with Gasteiger partial charge in [-0.1, -0.05) is 0 Å². The van der Waals surface area contributed by atoms with Gasteiger partial charge in [0.1, 0.15) is 0 Å². The summed E-state index contributed by atoms with van der Waals surface area (Å²) in [6.45, 7) is 4.59. The largest absolute Gasteiger partial charge is 0.346 e. The van der Waals surface area contributed by atoms with E-state index in [0.717, 1.165) is 5.01 Å². The second-order valence-electron chi connectivity index (χ2n) is 2.58. The Hall–Kier alpha value is -1.38. The zero-order valence-electron chi connectivity index (χ0n) is 8.32. The Morgan fingerprint density at radius 3 is 3.21 bits per heavy atom. The molecule has 4 heteroatoms. The summed E-state index contributed by atoms with van der Waals surface area (Å²) in [5.41, 5.74) is 2.89. The third-order valence-electron chi connectivity index (χ3n) is 1.42.